The molecular formula is C30H33N3O. The molecule has 0 unspecified atom stereocenters. The quantitative estimate of drug-likeness (QED) is 0.432. The summed E-state index contributed by atoms with van der Waals surface area (Å²) < 4.78 is 0. The van der Waals surface area contributed by atoms with Crippen LogP contribution in [-0.2, 0) is 13.0 Å². The number of nitrogens with one attached hydrogen (secondary N) is 1. The molecule has 4 nitrogen and oxygen atoms in total. The van der Waals surface area contributed by atoms with E-state index in [0.717, 1.165) is 54.8 Å². The van der Waals surface area contributed by atoms with E-state index in [0.29, 0.717) is 6.54 Å². The molecule has 174 valence electrons. The van der Waals surface area contributed by atoms with Gasteiger partial charge in [0.1, 0.15) is 0 Å². The van der Waals surface area contributed by atoms with Gasteiger partial charge < -0.3 is 4.98 Å². The molecule has 1 aliphatic heterocycles. The van der Waals surface area contributed by atoms with E-state index < -0.39 is 0 Å². The minimum absolute atomic E-state index is 0.176. The minimum atomic E-state index is 0.176. The highest BCUT2D eigenvalue weighted by atomic mass is 16.1. The number of rotatable bonds is 6. The van der Waals surface area contributed by atoms with Gasteiger partial charge in [0.2, 0.25) is 0 Å². The molecule has 0 radical (unpaired) electrons. The Labute approximate surface area is 201 Å². The molecule has 1 saturated heterocycles. The Morgan fingerprint density at radius 3 is 2.03 bits per heavy atom. The third-order valence-electron chi connectivity index (χ3n) is 7.20. The Bertz CT molecular complexity index is 1270. The zero-order chi connectivity index (χ0) is 23.5. The average molecular weight is 452 g/mol. The number of aromatic nitrogens is 1. The van der Waals surface area contributed by atoms with Gasteiger partial charge in [0, 0.05) is 49.4 Å². The van der Waals surface area contributed by atoms with E-state index in [4.69, 9.17) is 0 Å². The lowest BCUT2D eigenvalue weighted by atomic mass is 9.96. The van der Waals surface area contributed by atoms with Crippen molar-refractivity contribution >= 4 is 10.9 Å². The number of fused-ring (bicyclic) bond motifs is 1. The maximum Gasteiger partial charge on any atom is 0.194 e. The van der Waals surface area contributed by atoms with Crippen molar-refractivity contribution in [1.82, 2.24) is 14.8 Å². The van der Waals surface area contributed by atoms with E-state index in [1.165, 1.54) is 16.7 Å². The van der Waals surface area contributed by atoms with Gasteiger partial charge in [-0.2, -0.15) is 0 Å². The second kappa shape index (κ2) is 9.96. The van der Waals surface area contributed by atoms with Crippen molar-refractivity contribution in [2.45, 2.75) is 32.9 Å². The maximum atomic E-state index is 13.4. The molecule has 4 aromatic rings. The SMILES string of the molecule is CCc1cccc2c(=O)c(CN3CCN(C(c4ccccc4)c4ccccc4)CC3)c(C)[nH]c12. The van der Waals surface area contributed by atoms with Crippen LogP contribution in [0.2, 0.25) is 0 Å². The summed E-state index contributed by atoms with van der Waals surface area (Å²) in [4.78, 5) is 21.9. The lowest BCUT2D eigenvalue weighted by molar-refractivity contribution is 0.104. The predicted octanol–water partition coefficient (Wildman–Crippen LogP) is 5.31. The Morgan fingerprint density at radius 1 is 0.824 bits per heavy atom. The zero-order valence-corrected chi connectivity index (χ0v) is 20.1. The molecule has 0 amide bonds. The molecule has 0 aliphatic carbocycles. The van der Waals surface area contributed by atoms with Gasteiger partial charge in [0.15, 0.2) is 5.43 Å². The van der Waals surface area contributed by atoms with Crippen molar-refractivity contribution in [1.29, 1.82) is 0 Å². The molecule has 4 heteroatoms. The summed E-state index contributed by atoms with van der Waals surface area (Å²) in [5, 5.41) is 0.812. The van der Waals surface area contributed by atoms with Crippen LogP contribution in [0.25, 0.3) is 10.9 Å². The first-order chi connectivity index (χ1) is 16.7. The van der Waals surface area contributed by atoms with Crippen molar-refractivity contribution in [2.24, 2.45) is 0 Å². The summed E-state index contributed by atoms with van der Waals surface area (Å²) in [5.74, 6) is 0. The van der Waals surface area contributed by atoms with Gasteiger partial charge in [0.05, 0.1) is 11.6 Å². The van der Waals surface area contributed by atoms with Crippen LogP contribution >= 0.6 is 0 Å². The van der Waals surface area contributed by atoms with E-state index in [1.54, 1.807) is 0 Å². The van der Waals surface area contributed by atoms with Crippen LogP contribution in [0.3, 0.4) is 0 Å². The molecule has 1 fully saturated rings. The largest absolute Gasteiger partial charge is 0.358 e. The number of hydrogen-bond donors (Lipinski definition) is 1. The molecule has 0 atom stereocenters. The first kappa shape index (κ1) is 22.6. The van der Waals surface area contributed by atoms with E-state index in [9.17, 15) is 4.79 Å². The summed E-state index contributed by atoms with van der Waals surface area (Å²) in [6, 6.07) is 27.9. The lowest BCUT2D eigenvalue weighted by Gasteiger charge is -2.40. The normalized spacial score (nSPS) is 15.3. The molecule has 0 bridgehead atoms. The predicted molar refractivity (Wildman–Crippen MR) is 140 cm³/mol. The summed E-state index contributed by atoms with van der Waals surface area (Å²) in [6.07, 6.45) is 0.915. The number of benzene rings is 3. The second-order valence-electron chi connectivity index (χ2n) is 9.29. The van der Waals surface area contributed by atoms with Crippen molar-refractivity contribution < 1.29 is 0 Å². The van der Waals surface area contributed by atoms with Crippen LogP contribution in [0.15, 0.2) is 83.7 Å². The molecule has 1 aromatic heterocycles. The van der Waals surface area contributed by atoms with Crippen molar-refractivity contribution in [3.05, 3.63) is 117 Å². The molecule has 1 aliphatic rings. The van der Waals surface area contributed by atoms with Gasteiger partial charge in [-0.3, -0.25) is 14.6 Å². The highest BCUT2D eigenvalue weighted by Crippen LogP contribution is 2.29. The number of nitrogens with zero attached hydrogens (tertiary/aromatic N) is 2. The molecular weight excluding hydrogens is 418 g/mol. The molecule has 0 saturated carbocycles. The lowest BCUT2D eigenvalue weighted by Crippen LogP contribution is -2.47. The van der Waals surface area contributed by atoms with Gasteiger partial charge in [-0.05, 0) is 36.1 Å². The van der Waals surface area contributed by atoms with Crippen LogP contribution in [0.1, 0.15) is 40.9 Å². The third-order valence-corrected chi connectivity index (χ3v) is 7.20. The van der Waals surface area contributed by atoms with Gasteiger partial charge in [-0.25, -0.2) is 0 Å². The molecule has 1 N–H and O–H groups in total. The zero-order valence-electron chi connectivity index (χ0n) is 20.1. The fourth-order valence-corrected chi connectivity index (χ4v) is 5.31. The molecule has 34 heavy (non-hydrogen) atoms. The van der Waals surface area contributed by atoms with Gasteiger partial charge in [-0.15, -0.1) is 0 Å². The first-order valence-corrected chi connectivity index (χ1v) is 12.4. The van der Waals surface area contributed by atoms with E-state index in [1.807, 2.05) is 19.1 Å². The Morgan fingerprint density at radius 2 is 1.44 bits per heavy atom. The topological polar surface area (TPSA) is 39.3 Å². The van der Waals surface area contributed by atoms with Crippen LogP contribution in [0, 0.1) is 6.92 Å². The fourth-order valence-electron chi connectivity index (χ4n) is 5.31. The minimum Gasteiger partial charge on any atom is -0.358 e. The fraction of sp³-hybridized carbons (Fsp3) is 0.300. The molecule has 5 rings (SSSR count). The van der Waals surface area contributed by atoms with Crippen LogP contribution in [0.4, 0.5) is 0 Å². The van der Waals surface area contributed by atoms with Crippen molar-refractivity contribution in [3.63, 3.8) is 0 Å². The van der Waals surface area contributed by atoms with Gasteiger partial charge in [-0.1, -0.05) is 79.7 Å². The van der Waals surface area contributed by atoms with Crippen LogP contribution in [0.5, 0.6) is 0 Å². The van der Waals surface area contributed by atoms with Crippen molar-refractivity contribution in [3.8, 4) is 0 Å². The molecule has 2 heterocycles. The number of piperazine rings is 1. The monoisotopic (exact) mass is 451 g/mol. The highest BCUT2D eigenvalue weighted by molar-refractivity contribution is 5.82. The highest BCUT2D eigenvalue weighted by Gasteiger charge is 2.27. The number of pyridine rings is 1. The summed E-state index contributed by atoms with van der Waals surface area (Å²) >= 11 is 0. The molecule has 0 spiro atoms. The number of aryl methyl sites for hydroxylation is 2. The summed E-state index contributed by atoms with van der Waals surface area (Å²) in [7, 11) is 0. The summed E-state index contributed by atoms with van der Waals surface area (Å²) in [5.41, 5.74) is 6.92. The Balaban J connectivity index is 1.35. The number of H-pyrrole nitrogens is 1. The third kappa shape index (κ3) is 4.44. The first-order valence-electron chi connectivity index (χ1n) is 12.4. The molecule has 3 aromatic carbocycles. The number of para-hydroxylation sites is 1. The van der Waals surface area contributed by atoms with Crippen LogP contribution in [-0.4, -0.2) is 41.0 Å². The average Bonchev–Trinajstić information content (AvgIpc) is 2.88. The second-order valence-corrected chi connectivity index (χ2v) is 9.29. The van der Waals surface area contributed by atoms with Gasteiger partial charge in [0.25, 0.3) is 0 Å². The smallest absolute Gasteiger partial charge is 0.194 e. The number of aromatic amines is 1. The van der Waals surface area contributed by atoms with Crippen LogP contribution < -0.4 is 5.43 Å². The van der Waals surface area contributed by atoms with E-state index in [2.05, 4.69) is 88.4 Å². The van der Waals surface area contributed by atoms with E-state index >= 15 is 0 Å². The van der Waals surface area contributed by atoms with Gasteiger partial charge >= 0.3 is 0 Å². The summed E-state index contributed by atoms with van der Waals surface area (Å²) in [6.45, 7) is 8.71. The standard InChI is InChI=1S/C30H33N3O/c1-3-23-15-10-16-26-28(23)31-22(2)27(30(26)34)21-32-17-19-33(20-18-32)29(24-11-6-4-7-12-24)25-13-8-5-9-14-25/h4-16,29H,3,17-21H2,1-2H3,(H,31,34). The Kier molecular flexibility index (Phi) is 6.61. The maximum absolute atomic E-state index is 13.4. The number of hydrogen-bond acceptors (Lipinski definition) is 3. The van der Waals surface area contributed by atoms with E-state index in [-0.39, 0.29) is 11.5 Å². The van der Waals surface area contributed by atoms with Crippen molar-refractivity contribution in [2.75, 3.05) is 26.2 Å². The Hall–Kier alpha value is -3.21.